The molecular weight excluding hydrogens is 191 g/mol. The Hall–Kier alpha value is -0.990. The van der Waals surface area contributed by atoms with Crippen LogP contribution in [0.5, 0.6) is 11.5 Å². The number of aromatic hydroxyl groups is 2. The maximum absolute atomic E-state index is 11.4. The van der Waals surface area contributed by atoms with Gasteiger partial charge in [0.25, 0.3) is 0 Å². The van der Waals surface area contributed by atoms with E-state index >= 15 is 0 Å². The van der Waals surface area contributed by atoms with Crippen molar-refractivity contribution in [3.8, 4) is 11.5 Å². The molecule has 0 heterocycles. The molecule has 0 fully saturated rings. The van der Waals surface area contributed by atoms with E-state index in [1.54, 1.807) is 6.92 Å². The molecule has 0 radical (unpaired) electrons. The Morgan fingerprint density at radius 1 is 1.23 bits per heavy atom. The van der Waals surface area contributed by atoms with Crippen LogP contribution in [0, 0.1) is 0 Å². The van der Waals surface area contributed by atoms with E-state index in [-0.39, 0.29) is 23.0 Å². The molecule has 0 amide bonds. The minimum atomic E-state index is -3.40. The highest BCUT2D eigenvalue weighted by Crippen LogP contribution is 2.40. The summed E-state index contributed by atoms with van der Waals surface area (Å²) in [4.78, 5) is 9.38. The van der Waals surface area contributed by atoms with Crippen molar-refractivity contribution < 1.29 is 19.7 Å². The van der Waals surface area contributed by atoms with Gasteiger partial charge in [-0.25, -0.2) is 0 Å². The molecule has 0 saturated carbocycles. The Labute approximate surface area is 75.9 Å². The smallest absolute Gasteiger partial charge is 0.229 e. The average molecular weight is 202 g/mol. The predicted octanol–water partition coefficient (Wildman–Crippen LogP) is 1.01. The van der Waals surface area contributed by atoms with Gasteiger partial charge in [0.15, 0.2) is 0 Å². The summed E-state index contributed by atoms with van der Waals surface area (Å²) in [6.45, 7) is 1.57. The number of phenolic OH excluding ortho intramolecular Hbond substituents is 2. The van der Waals surface area contributed by atoms with Crippen LogP contribution in [0.1, 0.15) is 6.92 Å². The maximum atomic E-state index is 11.4. The lowest BCUT2D eigenvalue weighted by Crippen LogP contribution is -2.05. The molecule has 1 aromatic rings. The van der Waals surface area contributed by atoms with E-state index in [2.05, 4.69) is 0 Å². The maximum Gasteiger partial charge on any atom is 0.229 e. The fourth-order valence-corrected chi connectivity index (χ4v) is 2.00. The summed E-state index contributed by atoms with van der Waals surface area (Å²) in [6, 6.07) is 3.48. The first-order valence-electron chi connectivity index (χ1n) is 3.81. The van der Waals surface area contributed by atoms with Crippen molar-refractivity contribution in [1.29, 1.82) is 0 Å². The summed E-state index contributed by atoms with van der Waals surface area (Å²) in [5.74, 6) is -0.421. The van der Waals surface area contributed by atoms with Crippen LogP contribution in [-0.2, 0) is 4.57 Å². The van der Waals surface area contributed by atoms with Gasteiger partial charge in [-0.15, -0.1) is 0 Å². The monoisotopic (exact) mass is 202 g/mol. The quantitative estimate of drug-likeness (QED) is 0.625. The molecule has 72 valence electrons. The van der Waals surface area contributed by atoms with E-state index in [0.717, 1.165) is 6.07 Å². The lowest BCUT2D eigenvalue weighted by Gasteiger charge is -2.09. The Balaban J connectivity index is 3.23. The third-order valence-corrected chi connectivity index (χ3v) is 3.64. The van der Waals surface area contributed by atoms with Gasteiger partial charge in [-0.05, 0) is 12.1 Å². The third kappa shape index (κ3) is 2.23. The first kappa shape index (κ1) is 10.1. The molecule has 0 saturated heterocycles. The number of rotatable bonds is 2. The number of phenols is 2. The second-order valence-electron chi connectivity index (χ2n) is 2.73. The number of benzene rings is 1. The Bertz CT molecular complexity index is 341. The molecule has 0 aliphatic rings. The topological polar surface area (TPSA) is 77.8 Å². The van der Waals surface area contributed by atoms with Crippen molar-refractivity contribution in [2.75, 3.05) is 6.16 Å². The van der Waals surface area contributed by atoms with E-state index in [1.807, 2.05) is 0 Å². The molecule has 1 unspecified atom stereocenters. The predicted molar refractivity (Wildman–Crippen MR) is 49.8 cm³/mol. The lowest BCUT2D eigenvalue weighted by molar-refractivity contribution is 0.450. The number of hydrogen-bond acceptors (Lipinski definition) is 3. The van der Waals surface area contributed by atoms with Crippen molar-refractivity contribution >= 4 is 12.7 Å². The molecule has 1 atom stereocenters. The van der Waals surface area contributed by atoms with Gasteiger partial charge in [0, 0.05) is 17.5 Å². The van der Waals surface area contributed by atoms with Crippen LogP contribution < -0.4 is 5.30 Å². The minimum Gasteiger partial charge on any atom is -0.508 e. The molecule has 0 bridgehead atoms. The van der Waals surface area contributed by atoms with Crippen LogP contribution in [0.3, 0.4) is 0 Å². The zero-order valence-electron chi connectivity index (χ0n) is 7.14. The highest BCUT2D eigenvalue weighted by atomic mass is 31.2. The normalized spacial score (nSPS) is 15.2. The average Bonchev–Trinajstić information content (AvgIpc) is 2.02. The zero-order valence-corrected chi connectivity index (χ0v) is 8.03. The molecule has 0 aliphatic carbocycles. The van der Waals surface area contributed by atoms with Gasteiger partial charge in [0.05, 0.1) is 0 Å². The molecule has 1 rings (SSSR count). The molecular formula is C8H11O4P. The van der Waals surface area contributed by atoms with Crippen LogP contribution in [-0.4, -0.2) is 21.3 Å². The number of hydrogen-bond donors (Lipinski definition) is 3. The SMILES string of the molecule is CCP(=O)(O)c1cc(O)cc(O)c1. The van der Waals surface area contributed by atoms with E-state index in [9.17, 15) is 9.46 Å². The molecule has 0 aliphatic heterocycles. The van der Waals surface area contributed by atoms with Crippen molar-refractivity contribution in [3.63, 3.8) is 0 Å². The summed E-state index contributed by atoms with van der Waals surface area (Å²) in [5, 5.41) is 18.2. The summed E-state index contributed by atoms with van der Waals surface area (Å²) in [5.41, 5.74) is 0. The van der Waals surface area contributed by atoms with Gasteiger partial charge in [-0.3, -0.25) is 4.57 Å². The summed E-state index contributed by atoms with van der Waals surface area (Å²) in [6.07, 6.45) is 0.0793. The highest BCUT2D eigenvalue weighted by molar-refractivity contribution is 7.66. The molecule has 5 heteroatoms. The van der Waals surface area contributed by atoms with Crippen molar-refractivity contribution in [2.45, 2.75) is 6.92 Å². The standard InChI is InChI=1S/C8H11O4P/c1-2-13(11,12)8-4-6(9)3-7(10)5-8/h3-5,9-10H,2H2,1H3,(H,11,12). The van der Waals surface area contributed by atoms with Crippen LogP contribution in [0.25, 0.3) is 0 Å². The molecule has 1 aromatic carbocycles. The Morgan fingerprint density at radius 2 is 1.69 bits per heavy atom. The van der Waals surface area contributed by atoms with E-state index < -0.39 is 7.37 Å². The first-order valence-corrected chi connectivity index (χ1v) is 5.65. The second kappa shape index (κ2) is 3.40. The highest BCUT2D eigenvalue weighted by Gasteiger charge is 2.19. The van der Waals surface area contributed by atoms with E-state index in [4.69, 9.17) is 10.2 Å². The van der Waals surface area contributed by atoms with Crippen LogP contribution in [0.4, 0.5) is 0 Å². The van der Waals surface area contributed by atoms with E-state index in [1.165, 1.54) is 12.1 Å². The van der Waals surface area contributed by atoms with Crippen molar-refractivity contribution in [1.82, 2.24) is 0 Å². The third-order valence-electron chi connectivity index (χ3n) is 1.72. The van der Waals surface area contributed by atoms with Gasteiger partial charge >= 0.3 is 0 Å². The van der Waals surface area contributed by atoms with Crippen molar-refractivity contribution in [3.05, 3.63) is 18.2 Å². The van der Waals surface area contributed by atoms with Crippen LogP contribution >= 0.6 is 7.37 Å². The fraction of sp³-hybridized carbons (Fsp3) is 0.250. The second-order valence-corrected chi connectivity index (χ2v) is 5.28. The van der Waals surface area contributed by atoms with Gasteiger partial charge in [0.2, 0.25) is 7.37 Å². The molecule has 0 aromatic heterocycles. The van der Waals surface area contributed by atoms with Crippen LogP contribution in [0.15, 0.2) is 18.2 Å². The Kier molecular flexibility index (Phi) is 2.64. The van der Waals surface area contributed by atoms with Gasteiger partial charge in [-0.1, -0.05) is 6.92 Å². The zero-order chi connectivity index (χ0) is 10.1. The Morgan fingerprint density at radius 3 is 2.08 bits per heavy atom. The largest absolute Gasteiger partial charge is 0.508 e. The summed E-state index contributed by atoms with van der Waals surface area (Å²) in [7, 11) is -3.40. The van der Waals surface area contributed by atoms with Gasteiger partial charge in [0.1, 0.15) is 11.5 Å². The summed E-state index contributed by atoms with van der Waals surface area (Å²) >= 11 is 0. The van der Waals surface area contributed by atoms with Crippen molar-refractivity contribution in [2.24, 2.45) is 0 Å². The van der Waals surface area contributed by atoms with Crippen LogP contribution in [0.2, 0.25) is 0 Å². The van der Waals surface area contributed by atoms with Gasteiger partial charge in [-0.2, -0.15) is 0 Å². The summed E-state index contributed by atoms with van der Waals surface area (Å²) < 4.78 is 11.4. The molecule has 3 N–H and O–H groups in total. The lowest BCUT2D eigenvalue weighted by atomic mass is 10.3. The van der Waals surface area contributed by atoms with E-state index in [0.29, 0.717) is 0 Å². The molecule has 4 nitrogen and oxygen atoms in total. The minimum absolute atomic E-state index is 0.0764. The fourth-order valence-electron chi connectivity index (χ4n) is 0.964. The molecule has 13 heavy (non-hydrogen) atoms. The molecule has 0 spiro atoms. The van der Waals surface area contributed by atoms with Gasteiger partial charge < -0.3 is 15.1 Å². The first-order chi connectivity index (χ1) is 5.95.